The van der Waals surface area contributed by atoms with E-state index in [4.69, 9.17) is 5.73 Å². The second-order valence-corrected chi connectivity index (χ2v) is 5.35. The van der Waals surface area contributed by atoms with Crippen LogP contribution in [-0.2, 0) is 0 Å². The lowest BCUT2D eigenvalue weighted by Gasteiger charge is -2.14. The van der Waals surface area contributed by atoms with Crippen molar-refractivity contribution in [3.63, 3.8) is 0 Å². The third-order valence-corrected chi connectivity index (χ3v) is 3.82. The van der Waals surface area contributed by atoms with Crippen LogP contribution >= 0.6 is 11.8 Å². The molecule has 1 aromatic rings. The van der Waals surface area contributed by atoms with Crippen molar-refractivity contribution in [1.29, 1.82) is 0 Å². The van der Waals surface area contributed by atoms with Gasteiger partial charge in [0, 0.05) is 6.04 Å². The normalized spacial score (nSPS) is 14.8. The van der Waals surface area contributed by atoms with Crippen LogP contribution in [0, 0.1) is 0 Å². The Morgan fingerprint density at radius 2 is 1.75 bits per heavy atom. The Labute approximate surface area is 104 Å². The molecule has 0 aliphatic carbocycles. The highest BCUT2D eigenvalue weighted by molar-refractivity contribution is 7.98. The maximum absolute atomic E-state index is 6.13. The van der Waals surface area contributed by atoms with Crippen LogP contribution in [0.25, 0.3) is 0 Å². The summed E-state index contributed by atoms with van der Waals surface area (Å²) in [7, 11) is 0. The summed E-state index contributed by atoms with van der Waals surface area (Å²) in [5.74, 6) is 1.78. The minimum atomic E-state index is 0.193. The van der Waals surface area contributed by atoms with Gasteiger partial charge in [0.1, 0.15) is 0 Å². The molecule has 0 bridgehead atoms. The molecule has 0 spiro atoms. The third-order valence-electron chi connectivity index (χ3n) is 3.18. The van der Waals surface area contributed by atoms with Crippen LogP contribution in [0.5, 0.6) is 0 Å². The molecule has 0 aromatic heterocycles. The van der Waals surface area contributed by atoms with E-state index in [9.17, 15) is 0 Å². The highest BCUT2D eigenvalue weighted by Crippen LogP contribution is 2.22. The first-order valence-electron chi connectivity index (χ1n) is 6.03. The summed E-state index contributed by atoms with van der Waals surface area (Å²) >= 11 is 1.86. The summed E-state index contributed by atoms with van der Waals surface area (Å²) in [6, 6.07) is 9.02. The molecule has 0 aliphatic heterocycles. The maximum atomic E-state index is 6.13. The van der Waals surface area contributed by atoms with Gasteiger partial charge >= 0.3 is 0 Å². The predicted molar refractivity (Wildman–Crippen MR) is 75.1 cm³/mol. The molecular weight excluding hydrogens is 214 g/mol. The van der Waals surface area contributed by atoms with Crippen molar-refractivity contribution >= 4 is 11.8 Å². The SMILES string of the molecule is CCC(C)c1ccc(C(N)CCSC)cc1. The number of nitrogens with two attached hydrogens (primary N) is 1. The summed E-state index contributed by atoms with van der Waals surface area (Å²) in [6.07, 6.45) is 4.38. The van der Waals surface area contributed by atoms with Gasteiger partial charge < -0.3 is 5.73 Å². The van der Waals surface area contributed by atoms with Crippen LogP contribution < -0.4 is 5.73 Å². The second kappa shape index (κ2) is 6.97. The van der Waals surface area contributed by atoms with E-state index in [2.05, 4.69) is 44.4 Å². The topological polar surface area (TPSA) is 26.0 Å². The fourth-order valence-electron chi connectivity index (χ4n) is 1.72. The van der Waals surface area contributed by atoms with Crippen molar-refractivity contribution in [1.82, 2.24) is 0 Å². The molecule has 2 heteroatoms. The van der Waals surface area contributed by atoms with Crippen LogP contribution in [0.1, 0.15) is 49.8 Å². The quantitative estimate of drug-likeness (QED) is 0.810. The molecule has 16 heavy (non-hydrogen) atoms. The molecule has 2 unspecified atom stereocenters. The van der Waals surface area contributed by atoms with Crippen LogP contribution in [0.2, 0.25) is 0 Å². The standard InChI is InChI=1S/C14H23NS/c1-4-11(2)12-5-7-13(8-6-12)14(15)9-10-16-3/h5-8,11,14H,4,9-10,15H2,1-3H3. The van der Waals surface area contributed by atoms with E-state index in [1.54, 1.807) is 0 Å². The molecule has 2 atom stereocenters. The van der Waals surface area contributed by atoms with Gasteiger partial charge in [-0.25, -0.2) is 0 Å². The summed E-state index contributed by atoms with van der Waals surface area (Å²) in [6.45, 7) is 4.49. The van der Waals surface area contributed by atoms with E-state index < -0.39 is 0 Å². The highest BCUT2D eigenvalue weighted by Gasteiger charge is 2.07. The van der Waals surface area contributed by atoms with Gasteiger partial charge in [-0.1, -0.05) is 38.1 Å². The molecule has 1 aromatic carbocycles. The lowest BCUT2D eigenvalue weighted by Crippen LogP contribution is -2.11. The van der Waals surface area contributed by atoms with Crippen LogP contribution in [0.4, 0.5) is 0 Å². The van der Waals surface area contributed by atoms with Crippen molar-refractivity contribution < 1.29 is 0 Å². The van der Waals surface area contributed by atoms with E-state index in [1.165, 1.54) is 17.5 Å². The van der Waals surface area contributed by atoms with E-state index in [-0.39, 0.29) is 6.04 Å². The highest BCUT2D eigenvalue weighted by atomic mass is 32.2. The second-order valence-electron chi connectivity index (χ2n) is 4.36. The monoisotopic (exact) mass is 237 g/mol. The zero-order valence-electron chi connectivity index (χ0n) is 10.6. The van der Waals surface area contributed by atoms with Gasteiger partial charge in [-0.2, -0.15) is 11.8 Å². The van der Waals surface area contributed by atoms with Crippen molar-refractivity contribution in [2.75, 3.05) is 12.0 Å². The predicted octanol–water partition coefficient (Wildman–Crippen LogP) is 3.95. The molecule has 0 saturated heterocycles. The average Bonchev–Trinajstić information content (AvgIpc) is 2.35. The van der Waals surface area contributed by atoms with Gasteiger partial charge in [-0.05, 0) is 41.9 Å². The Kier molecular flexibility index (Phi) is 5.93. The molecule has 0 fully saturated rings. The smallest absolute Gasteiger partial charge is 0.0302 e. The molecule has 1 rings (SSSR count). The summed E-state index contributed by atoms with van der Waals surface area (Å²) < 4.78 is 0. The third kappa shape index (κ3) is 3.84. The Hall–Kier alpha value is -0.470. The fraction of sp³-hybridized carbons (Fsp3) is 0.571. The van der Waals surface area contributed by atoms with Gasteiger partial charge in [-0.15, -0.1) is 0 Å². The molecule has 0 saturated carbocycles. The van der Waals surface area contributed by atoms with Gasteiger partial charge in [0.25, 0.3) is 0 Å². The summed E-state index contributed by atoms with van der Waals surface area (Å²) in [4.78, 5) is 0. The van der Waals surface area contributed by atoms with E-state index in [0.29, 0.717) is 5.92 Å². The zero-order chi connectivity index (χ0) is 12.0. The first-order chi connectivity index (χ1) is 7.69. The Bertz CT molecular complexity index is 294. The molecule has 0 amide bonds. The van der Waals surface area contributed by atoms with Crippen molar-refractivity contribution in [2.24, 2.45) is 5.73 Å². The summed E-state index contributed by atoms with van der Waals surface area (Å²) in [5, 5.41) is 0. The van der Waals surface area contributed by atoms with Gasteiger partial charge in [-0.3, -0.25) is 0 Å². The molecule has 2 N–H and O–H groups in total. The van der Waals surface area contributed by atoms with Crippen molar-refractivity contribution in [2.45, 2.75) is 38.6 Å². The number of hydrogen-bond acceptors (Lipinski definition) is 2. The lowest BCUT2D eigenvalue weighted by molar-refractivity contribution is 0.700. The largest absolute Gasteiger partial charge is 0.324 e. The Morgan fingerprint density at radius 1 is 1.19 bits per heavy atom. The molecular formula is C14H23NS. The van der Waals surface area contributed by atoms with Crippen molar-refractivity contribution in [3.8, 4) is 0 Å². The number of rotatable bonds is 6. The average molecular weight is 237 g/mol. The van der Waals surface area contributed by atoms with Gasteiger partial charge in [0.2, 0.25) is 0 Å². The number of benzene rings is 1. The van der Waals surface area contributed by atoms with E-state index in [1.807, 2.05) is 11.8 Å². The van der Waals surface area contributed by atoms with Crippen LogP contribution in [-0.4, -0.2) is 12.0 Å². The van der Waals surface area contributed by atoms with Gasteiger partial charge in [0.05, 0.1) is 0 Å². The minimum absolute atomic E-state index is 0.193. The van der Waals surface area contributed by atoms with Crippen LogP contribution in [0.15, 0.2) is 24.3 Å². The lowest BCUT2D eigenvalue weighted by atomic mass is 9.96. The zero-order valence-corrected chi connectivity index (χ0v) is 11.4. The molecule has 90 valence electrons. The molecule has 0 aliphatic rings. The minimum Gasteiger partial charge on any atom is -0.324 e. The van der Waals surface area contributed by atoms with Gasteiger partial charge in [0.15, 0.2) is 0 Å². The fourth-order valence-corrected chi connectivity index (χ4v) is 2.21. The molecule has 0 heterocycles. The number of thioether (sulfide) groups is 1. The van der Waals surface area contributed by atoms with E-state index in [0.717, 1.165) is 12.2 Å². The van der Waals surface area contributed by atoms with Crippen LogP contribution in [0.3, 0.4) is 0 Å². The van der Waals surface area contributed by atoms with Crippen molar-refractivity contribution in [3.05, 3.63) is 35.4 Å². The molecule has 0 radical (unpaired) electrons. The molecule has 1 nitrogen and oxygen atoms in total. The Morgan fingerprint density at radius 3 is 2.25 bits per heavy atom. The first kappa shape index (κ1) is 13.6. The van der Waals surface area contributed by atoms with E-state index >= 15 is 0 Å². The number of hydrogen-bond donors (Lipinski definition) is 1. The first-order valence-corrected chi connectivity index (χ1v) is 7.42. The maximum Gasteiger partial charge on any atom is 0.0302 e. The Balaban J connectivity index is 2.63. The summed E-state index contributed by atoms with van der Waals surface area (Å²) in [5.41, 5.74) is 8.81.